The van der Waals surface area contributed by atoms with Crippen molar-refractivity contribution in [3.05, 3.63) is 45.4 Å². The minimum atomic E-state index is 0.418. The van der Waals surface area contributed by atoms with E-state index in [1.165, 1.54) is 0 Å². The van der Waals surface area contributed by atoms with Gasteiger partial charge in [-0.05, 0) is 47.7 Å². The van der Waals surface area contributed by atoms with Gasteiger partial charge in [0.25, 0.3) is 0 Å². The highest BCUT2D eigenvalue weighted by Crippen LogP contribution is 2.16. The molecule has 0 aliphatic rings. The van der Waals surface area contributed by atoms with E-state index in [2.05, 4.69) is 27.7 Å². The van der Waals surface area contributed by atoms with E-state index in [0.29, 0.717) is 6.61 Å². The molecule has 3 nitrogen and oxygen atoms in total. The molecule has 0 bridgehead atoms. The first-order chi connectivity index (χ1) is 7.24. The third-order valence-corrected chi connectivity index (χ3v) is 2.52. The van der Waals surface area contributed by atoms with Crippen LogP contribution in [0.1, 0.15) is 11.5 Å². The van der Waals surface area contributed by atoms with Gasteiger partial charge in [-0.15, -0.1) is 0 Å². The molecular formula is C11H10INO2. The molecule has 0 unspecified atom stereocenters. The van der Waals surface area contributed by atoms with Gasteiger partial charge in [0.1, 0.15) is 12.4 Å². The quantitative estimate of drug-likeness (QED) is 0.816. The first-order valence-corrected chi connectivity index (χ1v) is 5.62. The number of benzene rings is 1. The van der Waals surface area contributed by atoms with E-state index in [-0.39, 0.29) is 0 Å². The van der Waals surface area contributed by atoms with Crippen LogP contribution in [0.2, 0.25) is 0 Å². The van der Waals surface area contributed by atoms with Crippen LogP contribution in [-0.2, 0) is 6.61 Å². The molecule has 2 aromatic rings. The lowest BCUT2D eigenvalue weighted by Crippen LogP contribution is -1.93. The number of ether oxygens (including phenoxy) is 1. The fourth-order valence-electron chi connectivity index (χ4n) is 1.20. The van der Waals surface area contributed by atoms with E-state index in [4.69, 9.17) is 9.26 Å². The Morgan fingerprint density at radius 2 is 2.27 bits per heavy atom. The number of hydrogen-bond acceptors (Lipinski definition) is 3. The summed E-state index contributed by atoms with van der Waals surface area (Å²) in [6, 6.07) is 9.75. The van der Waals surface area contributed by atoms with Crippen molar-refractivity contribution in [3.63, 3.8) is 0 Å². The summed E-state index contributed by atoms with van der Waals surface area (Å²) in [4.78, 5) is 0. The zero-order valence-electron chi connectivity index (χ0n) is 8.24. The van der Waals surface area contributed by atoms with Gasteiger partial charge >= 0.3 is 0 Å². The summed E-state index contributed by atoms with van der Waals surface area (Å²) < 4.78 is 11.7. The van der Waals surface area contributed by atoms with Crippen molar-refractivity contribution < 1.29 is 9.26 Å². The summed E-state index contributed by atoms with van der Waals surface area (Å²) >= 11 is 2.25. The minimum absolute atomic E-state index is 0.418. The van der Waals surface area contributed by atoms with Gasteiger partial charge < -0.3 is 9.26 Å². The Kier molecular flexibility index (Phi) is 3.25. The monoisotopic (exact) mass is 315 g/mol. The fourth-order valence-corrected chi connectivity index (χ4v) is 1.71. The van der Waals surface area contributed by atoms with E-state index < -0.39 is 0 Å². The lowest BCUT2D eigenvalue weighted by atomic mass is 10.3. The molecule has 0 saturated heterocycles. The third kappa shape index (κ3) is 2.95. The van der Waals surface area contributed by atoms with Crippen LogP contribution in [0, 0.1) is 10.5 Å². The van der Waals surface area contributed by atoms with Crippen molar-refractivity contribution in [2.45, 2.75) is 13.5 Å². The highest BCUT2D eigenvalue weighted by atomic mass is 127. The molecule has 0 aliphatic carbocycles. The molecule has 0 atom stereocenters. The Morgan fingerprint density at radius 3 is 2.93 bits per heavy atom. The molecule has 0 radical (unpaired) electrons. The number of aromatic nitrogens is 1. The van der Waals surface area contributed by atoms with Crippen LogP contribution in [0.15, 0.2) is 34.9 Å². The van der Waals surface area contributed by atoms with Gasteiger partial charge in [-0.1, -0.05) is 11.2 Å². The van der Waals surface area contributed by atoms with Crippen LogP contribution in [0.4, 0.5) is 0 Å². The molecule has 15 heavy (non-hydrogen) atoms. The van der Waals surface area contributed by atoms with Crippen LogP contribution >= 0.6 is 22.6 Å². The van der Waals surface area contributed by atoms with Crippen LogP contribution in [0.3, 0.4) is 0 Å². The minimum Gasteiger partial charge on any atom is -0.486 e. The first kappa shape index (κ1) is 10.5. The van der Waals surface area contributed by atoms with Crippen molar-refractivity contribution in [1.29, 1.82) is 0 Å². The smallest absolute Gasteiger partial charge is 0.174 e. The largest absolute Gasteiger partial charge is 0.486 e. The average Bonchev–Trinajstić information content (AvgIpc) is 2.62. The number of nitrogens with zero attached hydrogens (tertiary/aromatic N) is 1. The molecule has 1 aromatic heterocycles. The number of halogens is 1. The summed E-state index contributed by atoms with van der Waals surface area (Å²) in [6.07, 6.45) is 0. The normalized spacial score (nSPS) is 10.3. The highest BCUT2D eigenvalue weighted by Gasteiger charge is 2.01. The maximum atomic E-state index is 5.55. The summed E-state index contributed by atoms with van der Waals surface area (Å²) in [5.74, 6) is 1.59. The molecule has 1 heterocycles. The van der Waals surface area contributed by atoms with Gasteiger partial charge in [0.15, 0.2) is 5.76 Å². The predicted molar refractivity (Wildman–Crippen MR) is 64.7 cm³/mol. The summed E-state index contributed by atoms with van der Waals surface area (Å²) in [7, 11) is 0. The molecule has 0 spiro atoms. The van der Waals surface area contributed by atoms with Gasteiger partial charge in [0.2, 0.25) is 0 Å². The predicted octanol–water partition coefficient (Wildman–Crippen LogP) is 3.17. The Bertz CT molecular complexity index is 453. The SMILES string of the molecule is Cc1cc(COc2cccc(I)c2)on1. The summed E-state index contributed by atoms with van der Waals surface area (Å²) in [5, 5.41) is 3.79. The molecule has 2 rings (SSSR count). The van der Waals surface area contributed by atoms with Gasteiger partial charge in [0, 0.05) is 9.64 Å². The number of aryl methyl sites for hydroxylation is 1. The number of rotatable bonds is 3. The molecule has 0 saturated carbocycles. The Labute approximate surface area is 102 Å². The molecule has 0 aliphatic heterocycles. The summed E-state index contributed by atoms with van der Waals surface area (Å²) in [6.45, 7) is 2.30. The topological polar surface area (TPSA) is 35.3 Å². The molecule has 1 aromatic carbocycles. The van der Waals surface area contributed by atoms with Gasteiger partial charge in [-0.3, -0.25) is 0 Å². The Morgan fingerprint density at radius 1 is 1.40 bits per heavy atom. The third-order valence-electron chi connectivity index (χ3n) is 1.85. The van der Waals surface area contributed by atoms with Gasteiger partial charge in [-0.25, -0.2) is 0 Å². The zero-order valence-corrected chi connectivity index (χ0v) is 10.4. The van der Waals surface area contributed by atoms with Gasteiger partial charge in [-0.2, -0.15) is 0 Å². The maximum Gasteiger partial charge on any atom is 0.174 e. The van der Waals surface area contributed by atoms with Crippen molar-refractivity contribution in [2.75, 3.05) is 0 Å². The molecule has 0 N–H and O–H groups in total. The second-order valence-electron chi connectivity index (χ2n) is 3.18. The standard InChI is InChI=1S/C11H10INO2/c1-8-5-11(15-13-8)7-14-10-4-2-3-9(12)6-10/h2-6H,7H2,1H3. The highest BCUT2D eigenvalue weighted by molar-refractivity contribution is 14.1. The molecule has 78 valence electrons. The van der Waals surface area contributed by atoms with Crippen molar-refractivity contribution >= 4 is 22.6 Å². The first-order valence-electron chi connectivity index (χ1n) is 4.54. The van der Waals surface area contributed by atoms with E-state index >= 15 is 0 Å². The summed E-state index contributed by atoms with van der Waals surface area (Å²) in [5.41, 5.74) is 0.872. The maximum absolute atomic E-state index is 5.55. The van der Waals surface area contributed by atoms with Crippen molar-refractivity contribution in [2.24, 2.45) is 0 Å². The van der Waals surface area contributed by atoms with Crippen LogP contribution in [0.25, 0.3) is 0 Å². The van der Waals surface area contributed by atoms with E-state index in [0.717, 1.165) is 20.8 Å². The second kappa shape index (κ2) is 4.65. The fraction of sp³-hybridized carbons (Fsp3) is 0.182. The van der Waals surface area contributed by atoms with Crippen LogP contribution < -0.4 is 4.74 Å². The van der Waals surface area contributed by atoms with Gasteiger partial charge in [0.05, 0.1) is 5.69 Å². The van der Waals surface area contributed by atoms with Crippen LogP contribution in [0.5, 0.6) is 5.75 Å². The van der Waals surface area contributed by atoms with Crippen molar-refractivity contribution in [3.8, 4) is 5.75 Å². The molecule has 4 heteroatoms. The Hall–Kier alpha value is -1.04. The number of hydrogen-bond donors (Lipinski definition) is 0. The van der Waals surface area contributed by atoms with Crippen molar-refractivity contribution in [1.82, 2.24) is 5.16 Å². The molecule has 0 fully saturated rings. The van der Waals surface area contributed by atoms with E-state index in [9.17, 15) is 0 Å². The van der Waals surface area contributed by atoms with E-state index in [1.54, 1.807) is 0 Å². The lowest BCUT2D eigenvalue weighted by Gasteiger charge is -2.03. The molecule has 0 amide bonds. The van der Waals surface area contributed by atoms with E-state index in [1.807, 2.05) is 37.3 Å². The Balaban J connectivity index is 1.99. The second-order valence-corrected chi connectivity index (χ2v) is 4.43. The average molecular weight is 315 g/mol. The lowest BCUT2D eigenvalue weighted by molar-refractivity contribution is 0.248. The zero-order chi connectivity index (χ0) is 10.7. The van der Waals surface area contributed by atoms with Crippen LogP contribution in [-0.4, -0.2) is 5.16 Å². The molecular weight excluding hydrogens is 305 g/mol.